The van der Waals surface area contributed by atoms with Gasteiger partial charge in [0.05, 0.1) is 22.5 Å². The Balaban J connectivity index is 2.21. The number of amides is 1. The molecule has 1 aromatic carbocycles. The highest BCUT2D eigenvalue weighted by atomic mass is 16.6. The van der Waals surface area contributed by atoms with Gasteiger partial charge in [0.25, 0.3) is 5.69 Å². The zero-order chi connectivity index (χ0) is 14.7. The van der Waals surface area contributed by atoms with Gasteiger partial charge in [0.1, 0.15) is 5.69 Å². The standard InChI is InChI=1S/C13H12N4O3/c14-7-8-1-4-11(12(5-8)17(19)20)16-13(18)9-2-3-10(15)6-9/h1-5,9-10H,6,15H2,(H,16,18). The molecule has 1 aromatic rings. The maximum atomic E-state index is 12.0. The zero-order valence-electron chi connectivity index (χ0n) is 10.4. The molecule has 2 atom stereocenters. The predicted octanol–water partition coefficient (Wildman–Crippen LogP) is 1.31. The molecule has 0 heterocycles. The van der Waals surface area contributed by atoms with E-state index in [-0.39, 0.29) is 34.8 Å². The largest absolute Gasteiger partial charge is 0.324 e. The number of nitro groups is 1. The first kappa shape index (κ1) is 13.7. The summed E-state index contributed by atoms with van der Waals surface area (Å²) in [7, 11) is 0. The number of rotatable bonds is 3. The highest BCUT2D eigenvalue weighted by Gasteiger charge is 2.25. The number of hydrogen-bond donors (Lipinski definition) is 2. The Bertz CT molecular complexity index is 633. The molecule has 0 saturated carbocycles. The fraction of sp³-hybridized carbons (Fsp3) is 0.231. The maximum absolute atomic E-state index is 12.0. The van der Waals surface area contributed by atoms with Crippen molar-refractivity contribution in [1.82, 2.24) is 0 Å². The quantitative estimate of drug-likeness (QED) is 0.488. The molecule has 0 aromatic heterocycles. The fourth-order valence-electron chi connectivity index (χ4n) is 2.01. The topological polar surface area (TPSA) is 122 Å². The Labute approximate surface area is 114 Å². The molecule has 0 aliphatic heterocycles. The monoisotopic (exact) mass is 272 g/mol. The van der Waals surface area contributed by atoms with Gasteiger partial charge in [0.2, 0.25) is 5.91 Å². The number of nitrogens with two attached hydrogens (primary N) is 1. The van der Waals surface area contributed by atoms with Gasteiger partial charge in [-0.15, -0.1) is 0 Å². The molecular weight excluding hydrogens is 260 g/mol. The van der Waals surface area contributed by atoms with Gasteiger partial charge in [0, 0.05) is 12.1 Å². The van der Waals surface area contributed by atoms with E-state index in [0.717, 1.165) is 6.07 Å². The second kappa shape index (κ2) is 5.50. The first-order chi connectivity index (χ1) is 9.51. The Kier molecular flexibility index (Phi) is 3.77. The van der Waals surface area contributed by atoms with Crippen molar-refractivity contribution in [2.75, 3.05) is 5.32 Å². The van der Waals surface area contributed by atoms with Crippen LogP contribution in [0.4, 0.5) is 11.4 Å². The number of carbonyl (C=O) groups is 1. The SMILES string of the molecule is N#Cc1ccc(NC(=O)C2C=CC(N)C2)c([N+](=O)[O-])c1. The van der Waals surface area contributed by atoms with Gasteiger partial charge in [-0.25, -0.2) is 0 Å². The van der Waals surface area contributed by atoms with Gasteiger partial charge in [-0.2, -0.15) is 5.26 Å². The van der Waals surface area contributed by atoms with Crippen LogP contribution in [0.2, 0.25) is 0 Å². The molecule has 1 aliphatic rings. The second-order valence-electron chi connectivity index (χ2n) is 4.48. The van der Waals surface area contributed by atoms with E-state index in [2.05, 4.69) is 5.32 Å². The lowest BCUT2D eigenvalue weighted by Gasteiger charge is -2.10. The number of carbonyl (C=O) groups excluding carboxylic acids is 1. The molecule has 7 heteroatoms. The average Bonchev–Trinajstić information content (AvgIpc) is 2.85. The molecule has 102 valence electrons. The second-order valence-corrected chi connectivity index (χ2v) is 4.48. The number of hydrogen-bond acceptors (Lipinski definition) is 5. The normalized spacial score (nSPS) is 20.4. The van der Waals surface area contributed by atoms with Crippen molar-refractivity contribution in [3.63, 3.8) is 0 Å². The number of benzene rings is 1. The number of nitrogens with one attached hydrogen (secondary N) is 1. The summed E-state index contributed by atoms with van der Waals surface area (Å²) in [5.41, 5.74) is 5.60. The lowest BCUT2D eigenvalue weighted by molar-refractivity contribution is -0.384. The smallest absolute Gasteiger partial charge is 0.294 e. The van der Waals surface area contributed by atoms with E-state index < -0.39 is 4.92 Å². The summed E-state index contributed by atoms with van der Waals surface area (Å²) in [6.45, 7) is 0. The van der Waals surface area contributed by atoms with Crippen LogP contribution in [0, 0.1) is 27.4 Å². The summed E-state index contributed by atoms with van der Waals surface area (Å²) in [5, 5.41) is 22.2. The Morgan fingerprint density at radius 3 is 2.80 bits per heavy atom. The summed E-state index contributed by atoms with van der Waals surface area (Å²) in [6.07, 6.45) is 3.91. The van der Waals surface area contributed by atoms with E-state index in [1.165, 1.54) is 12.1 Å². The predicted molar refractivity (Wildman–Crippen MR) is 71.7 cm³/mol. The molecule has 20 heavy (non-hydrogen) atoms. The summed E-state index contributed by atoms with van der Waals surface area (Å²) in [4.78, 5) is 22.3. The zero-order valence-corrected chi connectivity index (χ0v) is 10.4. The number of nitrogens with zero attached hydrogens (tertiary/aromatic N) is 2. The van der Waals surface area contributed by atoms with Gasteiger partial charge < -0.3 is 11.1 Å². The molecule has 0 bridgehead atoms. The van der Waals surface area contributed by atoms with Crippen molar-refractivity contribution < 1.29 is 9.72 Å². The third-order valence-corrected chi connectivity index (χ3v) is 3.03. The summed E-state index contributed by atoms with van der Waals surface area (Å²) in [5.74, 6) is -0.734. The fourth-order valence-corrected chi connectivity index (χ4v) is 2.01. The van der Waals surface area contributed by atoms with Crippen LogP contribution < -0.4 is 11.1 Å². The third kappa shape index (κ3) is 2.81. The van der Waals surface area contributed by atoms with Gasteiger partial charge in [-0.3, -0.25) is 14.9 Å². The number of nitro benzene ring substituents is 1. The highest BCUT2D eigenvalue weighted by Crippen LogP contribution is 2.27. The van der Waals surface area contributed by atoms with Crippen LogP contribution in [-0.4, -0.2) is 16.9 Å². The van der Waals surface area contributed by atoms with E-state index in [4.69, 9.17) is 11.0 Å². The molecule has 0 fully saturated rings. The average molecular weight is 272 g/mol. The van der Waals surface area contributed by atoms with E-state index in [9.17, 15) is 14.9 Å². The van der Waals surface area contributed by atoms with Crippen LogP contribution >= 0.6 is 0 Å². The van der Waals surface area contributed by atoms with Crippen LogP contribution in [0.15, 0.2) is 30.4 Å². The first-order valence-electron chi connectivity index (χ1n) is 5.94. The molecule has 0 radical (unpaired) electrons. The van der Waals surface area contributed by atoms with Crippen molar-refractivity contribution in [3.8, 4) is 6.07 Å². The van der Waals surface area contributed by atoms with Crippen molar-refractivity contribution in [1.29, 1.82) is 5.26 Å². The van der Waals surface area contributed by atoms with Crippen molar-refractivity contribution >= 4 is 17.3 Å². The van der Waals surface area contributed by atoms with Crippen molar-refractivity contribution in [2.45, 2.75) is 12.5 Å². The molecule has 0 saturated heterocycles. The van der Waals surface area contributed by atoms with Crippen LogP contribution in [0.5, 0.6) is 0 Å². The van der Waals surface area contributed by atoms with Gasteiger partial charge >= 0.3 is 0 Å². The minimum Gasteiger partial charge on any atom is -0.324 e. The van der Waals surface area contributed by atoms with E-state index in [1.807, 2.05) is 6.07 Å². The molecule has 1 amide bonds. The Hall–Kier alpha value is -2.72. The number of anilines is 1. The minimum absolute atomic E-state index is 0.0767. The van der Waals surface area contributed by atoms with E-state index >= 15 is 0 Å². The van der Waals surface area contributed by atoms with E-state index in [1.54, 1.807) is 12.2 Å². The lowest BCUT2D eigenvalue weighted by Crippen LogP contribution is -2.24. The highest BCUT2D eigenvalue weighted by molar-refractivity contribution is 5.96. The van der Waals surface area contributed by atoms with Crippen LogP contribution in [-0.2, 0) is 4.79 Å². The van der Waals surface area contributed by atoms with Crippen LogP contribution in [0.25, 0.3) is 0 Å². The summed E-state index contributed by atoms with van der Waals surface area (Å²) < 4.78 is 0. The van der Waals surface area contributed by atoms with Crippen molar-refractivity contribution in [3.05, 3.63) is 46.0 Å². The molecule has 1 aliphatic carbocycles. The van der Waals surface area contributed by atoms with Crippen LogP contribution in [0.1, 0.15) is 12.0 Å². The molecule has 7 nitrogen and oxygen atoms in total. The molecule has 2 rings (SSSR count). The molecule has 0 spiro atoms. The summed E-state index contributed by atoms with van der Waals surface area (Å²) in [6, 6.07) is 5.55. The van der Waals surface area contributed by atoms with Gasteiger partial charge in [-0.1, -0.05) is 12.2 Å². The Morgan fingerprint density at radius 2 is 2.25 bits per heavy atom. The first-order valence-corrected chi connectivity index (χ1v) is 5.94. The Morgan fingerprint density at radius 1 is 1.50 bits per heavy atom. The van der Waals surface area contributed by atoms with Gasteiger partial charge in [0.15, 0.2) is 0 Å². The molecular formula is C13H12N4O3. The number of nitriles is 1. The minimum atomic E-state index is -0.632. The molecule has 2 unspecified atom stereocenters. The van der Waals surface area contributed by atoms with E-state index in [0.29, 0.717) is 6.42 Å². The lowest BCUT2D eigenvalue weighted by atomic mass is 10.1. The molecule has 3 N–H and O–H groups in total. The summed E-state index contributed by atoms with van der Waals surface area (Å²) >= 11 is 0. The third-order valence-electron chi connectivity index (χ3n) is 3.03. The van der Waals surface area contributed by atoms with Crippen molar-refractivity contribution in [2.24, 2.45) is 11.7 Å². The van der Waals surface area contributed by atoms with Gasteiger partial charge in [-0.05, 0) is 18.6 Å². The maximum Gasteiger partial charge on any atom is 0.294 e. The van der Waals surface area contributed by atoms with Crippen LogP contribution in [0.3, 0.4) is 0 Å².